The molecule has 2 atom stereocenters. The zero-order chi connectivity index (χ0) is 12.5. The minimum Gasteiger partial charge on any atom is -0.392 e. The number of aliphatic hydroxyl groups is 1. The summed E-state index contributed by atoms with van der Waals surface area (Å²) in [4.78, 5) is 8.59. The Kier molecular flexibility index (Phi) is 2.81. The Labute approximate surface area is 104 Å². The minimum absolute atomic E-state index is 0.0646. The monoisotopic (exact) mass is 246 g/mol. The summed E-state index contributed by atoms with van der Waals surface area (Å²) in [5, 5.41) is 16.5. The molecule has 0 radical (unpaired) electrons. The van der Waals surface area contributed by atoms with Gasteiger partial charge in [0.15, 0.2) is 0 Å². The molecule has 0 spiro atoms. The average Bonchev–Trinajstić information content (AvgIpc) is 2.98. The fourth-order valence-electron chi connectivity index (χ4n) is 2.10. The number of aromatic nitrogens is 3. The van der Waals surface area contributed by atoms with E-state index in [1.807, 2.05) is 19.1 Å². The van der Waals surface area contributed by atoms with Gasteiger partial charge in [-0.3, -0.25) is 4.98 Å². The van der Waals surface area contributed by atoms with Gasteiger partial charge in [-0.25, -0.2) is 0 Å². The molecule has 0 bridgehead atoms. The van der Waals surface area contributed by atoms with E-state index in [9.17, 15) is 5.11 Å². The lowest BCUT2D eigenvalue weighted by atomic mass is 10.2. The second kappa shape index (κ2) is 4.47. The SMILES string of the molecule is Cc1cccnc1-c1noc([C@@H]2CC(O)CN2)n1. The average molecular weight is 246 g/mol. The molecule has 0 saturated carbocycles. The summed E-state index contributed by atoms with van der Waals surface area (Å²) in [5.41, 5.74) is 1.73. The lowest BCUT2D eigenvalue weighted by Crippen LogP contribution is -2.15. The van der Waals surface area contributed by atoms with Crippen LogP contribution in [0.5, 0.6) is 0 Å². The number of nitrogens with zero attached hydrogens (tertiary/aromatic N) is 3. The molecule has 2 aromatic rings. The van der Waals surface area contributed by atoms with E-state index in [0.717, 1.165) is 11.3 Å². The third-order valence-corrected chi connectivity index (χ3v) is 3.07. The number of hydrogen-bond acceptors (Lipinski definition) is 6. The largest absolute Gasteiger partial charge is 0.392 e. The molecule has 1 saturated heterocycles. The van der Waals surface area contributed by atoms with Crippen LogP contribution in [-0.4, -0.2) is 32.9 Å². The maximum absolute atomic E-state index is 9.46. The summed E-state index contributed by atoms with van der Waals surface area (Å²) in [7, 11) is 0. The van der Waals surface area contributed by atoms with E-state index >= 15 is 0 Å². The van der Waals surface area contributed by atoms with Crippen molar-refractivity contribution in [2.24, 2.45) is 0 Å². The Morgan fingerprint density at radius 2 is 2.39 bits per heavy atom. The second-order valence-corrected chi connectivity index (χ2v) is 4.48. The molecule has 3 rings (SSSR count). The Balaban J connectivity index is 1.88. The fourth-order valence-corrected chi connectivity index (χ4v) is 2.10. The Hall–Kier alpha value is -1.79. The van der Waals surface area contributed by atoms with Crippen molar-refractivity contribution >= 4 is 0 Å². The van der Waals surface area contributed by atoms with E-state index in [1.165, 1.54) is 0 Å². The molecule has 1 aliphatic rings. The summed E-state index contributed by atoms with van der Waals surface area (Å²) < 4.78 is 5.23. The number of hydrogen-bond donors (Lipinski definition) is 2. The van der Waals surface area contributed by atoms with E-state index in [0.29, 0.717) is 24.7 Å². The van der Waals surface area contributed by atoms with E-state index < -0.39 is 0 Å². The number of pyridine rings is 1. The van der Waals surface area contributed by atoms with Gasteiger partial charge in [0.1, 0.15) is 5.69 Å². The first-order valence-electron chi connectivity index (χ1n) is 5.91. The van der Waals surface area contributed by atoms with Crippen molar-refractivity contribution in [3.05, 3.63) is 29.8 Å². The molecule has 1 aliphatic heterocycles. The van der Waals surface area contributed by atoms with Gasteiger partial charge in [0.25, 0.3) is 0 Å². The molecule has 94 valence electrons. The van der Waals surface area contributed by atoms with Crippen molar-refractivity contribution in [1.29, 1.82) is 0 Å². The molecule has 6 heteroatoms. The molecular formula is C12H14N4O2. The molecule has 18 heavy (non-hydrogen) atoms. The smallest absolute Gasteiger partial charge is 0.244 e. The van der Waals surface area contributed by atoms with Crippen molar-refractivity contribution in [2.45, 2.75) is 25.5 Å². The molecule has 0 aliphatic carbocycles. The van der Waals surface area contributed by atoms with Crippen LogP contribution in [0.2, 0.25) is 0 Å². The minimum atomic E-state index is -0.345. The zero-order valence-electron chi connectivity index (χ0n) is 10.00. The van der Waals surface area contributed by atoms with Gasteiger partial charge in [-0.15, -0.1) is 0 Å². The molecule has 2 N–H and O–H groups in total. The van der Waals surface area contributed by atoms with Crippen LogP contribution in [0.15, 0.2) is 22.9 Å². The number of rotatable bonds is 2. The van der Waals surface area contributed by atoms with Crippen LogP contribution in [0.25, 0.3) is 11.5 Å². The second-order valence-electron chi connectivity index (χ2n) is 4.48. The number of aryl methyl sites for hydroxylation is 1. The summed E-state index contributed by atoms with van der Waals surface area (Å²) in [5.74, 6) is 0.998. The van der Waals surface area contributed by atoms with Crippen LogP contribution in [-0.2, 0) is 0 Å². The number of nitrogens with one attached hydrogen (secondary N) is 1. The summed E-state index contributed by atoms with van der Waals surface area (Å²) in [6, 6.07) is 3.76. The maximum Gasteiger partial charge on any atom is 0.244 e. The van der Waals surface area contributed by atoms with Crippen LogP contribution in [0.3, 0.4) is 0 Å². The number of β-amino-alcohol motifs (C(OH)–C–C–N with tert-alkyl or cyclic N) is 1. The van der Waals surface area contributed by atoms with Crippen LogP contribution in [0, 0.1) is 6.92 Å². The highest BCUT2D eigenvalue weighted by Gasteiger charge is 2.28. The Bertz CT molecular complexity index is 555. The van der Waals surface area contributed by atoms with Crippen molar-refractivity contribution in [2.75, 3.05) is 6.54 Å². The lowest BCUT2D eigenvalue weighted by Gasteiger charge is -2.01. The third-order valence-electron chi connectivity index (χ3n) is 3.07. The summed E-state index contributed by atoms with van der Waals surface area (Å²) >= 11 is 0. The molecule has 6 nitrogen and oxygen atoms in total. The predicted octanol–water partition coefficient (Wildman–Crippen LogP) is 0.835. The van der Waals surface area contributed by atoms with Gasteiger partial charge in [-0.1, -0.05) is 11.2 Å². The van der Waals surface area contributed by atoms with Crippen molar-refractivity contribution in [3.8, 4) is 11.5 Å². The van der Waals surface area contributed by atoms with Gasteiger partial charge in [-0.05, 0) is 25.0 Å². The summed E-state index contributed by atoms with van der Waals surface area (Å²) in [6.07, 6.45) is 1.96. The normalized spacial score (nSPS) is 23.4. The van der Waals surface area contributed by atoms with Gasteiger partial charge in [0.2, 0.25) is 11.7 Å². The molecule has 0 amide bonds. The quantitative estimate of drug-likeness (QED) is 0.816. The van der Waals surface area contributed by atoms with Gasteiger partial charge < -0.3 is 14.9 Å². The standard InChI is InChI=1S/C12H14N4O2/c1-7-3-2-4-13-10(7)11-15-12(18-16-11)9-5-8(17)6-14-9/h2-4,8-9,14,17H,5-6H2,1H3/t8?,9-/m0/s1. The van der Waals surface area contributed by atoms with E-state index in [-0.39, 0.29) is 12.1 Å². The van der Waals surface area contributed by atoms with Crippen LogP contribution in [0.4, 0.5) is 0 Å². The highest BCUT2D eigenvalue weighted by Crippen LogP contribution is 2.24. The first-order valence-corrected chi connectivity index (χ1v) is 5.91. The van der Waals surface area contributed by atoms with E-state index in [4.69, 9.17) is 4.52 Å². The highest BCUT2D eigenvalue weighted by molar-refractivity contribution is 5.53. The van der Waals surface area contributed by atoms with Crippen LogP contribution < -0.4 is 5.32 Å². The molecule has 3 heterocycles. The Morgan fingerprint density at radius 1 is 1.50 bits per heavy atom. The lowest BCUT2D eigenvalue weighted by molar-refractivity contribution is 0.191. The third kappa shape index (κ3) is 2.00. The van der Waals surface area contributed by atoms with E-state index in [1.54, 1.807) is 6.20 Å². The first kappa shape index (κ1) is 11.3. The topological polar surface area (TPSA) is 84.1 Å². The van der Waals surface area contributed by atoms with Gasteiger partial charge in [-0.2, -0.15) is 4.98 Å². The Morgan fingerprint density at radius 3 is 3.11 bits per heavy atom. The van der Waals surface area contributed by atoms with Gasteiger partial charge in [0, 0.05) is 12.7 Å². The molecule has 1 fully saturated rings. The zero-order valence-corrected chi connectivity index (χ0v) is 10.00. The maximum atomic E-state index is 9.46. The fraction of sp³-hybridized carbons (Fsp3) is 0.417. The van der Waals surface area contributed by atoms with Crippen molar-refractivity contribution < 1.29 is 9.63 Å². The molecule has 1 unspecified atom stereocenters. The number of aliphatic hydroxyl groups excluding tert-OH is 1. The van der Waals surface area contributed by atoms with Crippen molar-refractivity contribution in [3.63, 3.8) is 0 Å². The summed E-state index contributed by atoms with van der Waals surface area (Å²) in [6.45, 7) is 2.51. The molecule has 0 aromatic carbocycles. The molecule has 2 aromatic heterocycles. The first-order chi connectivity index (χ1) is 8.74. The molecular weight excluding hydrogens is 232 g/mol. The van der Waals surface area contributed by atoms with Gasteiger partial charge in [0.05, 0.1) is 12.1 Å². The van der Waals surface area contributed by atoms with Crippen LogP contribution in [0.1, 0.15) is 23.9 Å². The van der Waals surface area contributed by atoms with E-state index in [2.05, 4.69) is 20.4 Å². The van der Waals surface area contributed by atoms with Crippen LogP contribution >= 0.6 is 0 Å². The van der Waals surface area contributed by atoms with Crippen molar-refractivity contribution in [1.82, 2.24) is 20.4 Å². The predicted molar refractivity (Wildman–Crippen MR) is 63.6 cm³/mol. The van der Waals surface area contributed by atoms with Gasteiger partial charge >= 0.3 is 0 Å². The highest BCUT2D eigenvalue weighted by atomic mass is 16.5.